The minimum atomic E-state index is -0.195. The number of thioether (sulfide) groups is 1. The molecule has 6 N–H and O–H groups in total. The third-order valence-corrected chi connectivity index (χ3v) is 15.7. The van der Waals surface area contributed by atoms with Crippen molar-refractivity contribution in [2.24, 2.45) is 10.8 Å². The Morgan fingerprint density at radius 3 is 2.09 bits per heavy atom. The molecule has 4 heterocycles. The number of rotatable bonds is 16. The number of anilines is 2. The first-order valence-corrected chi connectivity index (χ1v) is 27.9. The molecule has 4 amide bonds. The van der Waals surface area contributed by atoms with E-state index in [1.165, 1.54) is 28.2 Å². The van der Waals surface area contributed by atoms with Crippen molar-refractivity contribution >= 4 is 85.8 Å². The Balaban J connectivity index is 0.000000279. The minimum Gasteiger partial charge on any atom is -0.394 e. The van der Waals surface area contributed by atoms with Gasteiger partial charge in [0.2, 0.25) is 11.9 Å². The summed E-state index contributed by atoms with van der Waals surface area (Å²) < 4.78 is 0.983. The lowest BCUT2D eigenvalue weighted by Crippen LogP contribution is -2.50. The molecule has 1 atom stereocenters. The first kappa shape index (κ1) is 59.9. The number of imidazole rings is 1. The molecule has 1 aliphatic rings. The lowest BCUT2D eigenvalue weighted by molar-refractivity contribution is -0.130. The molecule has 0 aliphatic carbocycles. The van der Waals surface area contributed by atoms with E-state index in [2.05, 4.69) is 116 Å². The fourth-order valence-corrected chi connectivity index (χ4v) is 10.1. The van der Waals surface area contributed by atoms with E-state index in [1.54, 1.807) is 55.8 Å². The topological polar surface area (TPSA) is 185 Å². The van der Waals surface area contributed by atoms with E-state index in [-0.39, 0.29) is 40.6 Å². The number of aromatic amines is 1. The number of hydrogen-bond donors (Lipinski definition) is 6. The average molecular weight is 1080 g/mol. The normalized spacial score (nSPS) is 13.1. The second-order valence-corrected chi connectivity index (χ2v) is 24.7. The summed E-state index contributed by atoms with van der Waals surface area (Å²) in [5.41, 5.74) is 9.68. The zero-order chi connectivity index (χ0) is 55.2. The number of aliphatic hydroxyl groups is 1. The highest BCUT2D eigenvalue weighted by Gasteiger charge is 2.25. The van der Waals surface area contributed by atoms with Crippen molar-refractivity contribution in [3.63, 3.8) is 0 Å². The van der Waals surface area contributed by atoms with Crippen LogP contribution in [0.5, 0.6) is 0 Å². The predicted molar refractivity (Wildman–Crippen MR) is 312 cm³/mol. The smallest absolute Gasteiger partial charge is 0.268 e. The van der Waals surface area contributed by atoms with E-state index in [4.69, 9.17) is 5.11 Å². The number of hydrogen-bond acceptors (Lipinski definition) is 12. The molecule has 75 heavy (non-hydrogen) atoms. The number of carbonyl (C=O) groups excluding carboxylic acids is 4. The van der Waals surface area contributed by atoms with E-state index < -0.39 is 0 Å². The van der Waals surface area contributed by atoms with Crippen LogP contribution in [0.3, 0.4) is 0 Å². The first-order chi connectivity index (χ1) is 35.3. The minimum absolute atomic E-state index is 0.0159. The number of amides is 4. The molecule has 1 unspecified atom stereocenters. The summed E-state index contributed by atoms with van der Waals surface area (Å²) in [4.78, 5) is 67.6. The van der Waals surface area contributed by atoms with Gasteiger partial charge < -0.3 is 30.5 Å². The SMILES string of the molecule is C=CC(=C)c1ccc(C(=O)Nc2nc3ccc(CNCC(C)(C)C)cc3[nH]2)s1.CC(=O)N1CCN(C(=O)c2cc(CSc3cnc(NC(=O)c4ccc(CNC(C)C(C)(C)C)cc4)s3)cc(C)c2C)CC1.CC(C)O. The van der Waals surface area contributed by atoms with Crippen molar-refractivity contribution in [3.8, 4) is 0 Å². The Morgan fingerprint density at radius 1 is 0.827 bits per heavy atom. The van der Waals surface area contributed by atoms with Crippen molar-refractivity contribution < 1.29 is 24.3 Å². The van der Waals surface area contributed by atoms with Gasteiger partial charge in [-0.2, -0.15) is 0 Å². The summed E-state index contributed by atoms with van der Waals surface area (Å²) in [6.07, 6.45) is 3.29. The van der Waals surface area contributed by atoms with Gasteiger partial charge in [-0.1, -0.05) is 96.4 Å². The highest BCUT2D eigenvalue weighted by molar-refractivity contribution is 8.00. The third kappa shape index (κ3) is 18.7. The molecule has 6 aromatic rings. The molecule has 3 aromatic heterocycles. The van der Waals surface area contributed by atoms with Gasteiger partial charge in [-0.05, 0) is 121 Å². The fourth-order valence-electron chi connectivity index (χ4n) is 7.40. The van der Waals surface area contributed by atoms with E-state index in [9.17, 15) is 19.2 Å². The number of thiazole rings is 1. The number of allylic oxidation sites excluding steroid dienone is 2. The predicted octanol–water partition coefficient (Wildman–Crippen LogP) is 11.7. The van der Waals surface area contributed by atoms with E-state index in [0.29, 0.717) is 59.5 Å². The lowest BCUT2D eigenvalue weighted by atomic mass is 9.88. The van der Waals surface area contributed by atoms with Crippen molar-refractivity contribution in [2.45, 2.75) is 118 Å². The maximum atomic E-state index is 13.4. The van der Waals surface area contributed by atoms with Gasteiger partial charge in [0.05, 0.1) is 26.3 Å². The number of fused-ring (bicyclic) bond motifs is 1. The van der Waals surface area contributed by atoms with Gasteiger partial charge in [0.15, 0.2) is 5.13 Å². The number of H-pyrrole nitrogens is 1. The Kier molecular flexibility index (Phi) is 21.7. The van der Waals surface area contributed by atoms with Crippen molar-refractivity contribution in [3.05, 3.63) is 141 Å². The van der Waals surface area contributed by atoms with E-state index in [1.807, 2.05) is 61.2 Å². The number of thiophene rings is 1. The van der Waals surface area contributed by atoms with E-state index >= 15 is 0 Å². The van der Waals surface area contributed by atoms with Gasteiger partial charge in [-0.3, -0.25) is 29.8 Å². The molecule has 0 spiro atoms. The molecule has 1 fully saturated rings. The molecular weight excluding hydrogens is 999 g/mol. The molecule has 0 radical (unpaired) electrons. The van der Waals surface area contributed by atoms with E-state index in [0.717, 1.165) is 73.1 Å². The Hall–Kier alpha value is -5.95. The van der Waals surface area contributed by atoms with Gasteiger partial charge in [0.25, 0.3) is 17.7 Å². The Morgan fingerprint density at radius 2 is 1.47 bits per heavy atom. The summed E-state index contributed by atoms with van der Waals surface area (Å²) in [5.74, 6) is 0.805. The number of nitrogens with one attached hydrogen (secondary N) is 5. The van der Waals surface area contributed by atoms with Gasteiger partial charge in [0.1, 0.15) is 0 Å². The third-order valence-electron chi connectivity index (χ3n) is 12.3. The van der Waals surface area contributed by atoms with Crippen molar-refractivity contribution in [1.82, 2.24) is 35.4 Å². The van der Waals surface area contributed by atoms with Gasteiger partial charge in [-0.25, -0.2) is 9.97 Å². The first-order valence-electron chi connectivity index (χ1n) is 25.3. The summed E-state index contributed by atoms with van der Waals surface area (Å²) >= 11 is 4.45. The molecular formula is C58H77N9O5S3. The molecule has 14 nitrogen and oxygen atoms in total. The Bertz CT molecular complexity index is 2910. The number of piperazine rings is 1. The number of benzene rings is 3. The highest BCUT2D eigenvalue weighted by atomic mass is 32.2. The van der Waals surface area contributed by atoms with Crippen LogP contribution in [0, 0.1) is 24.7 Å². The zero-order valence-corrected chi connectivity index (χ0v) is 48.3. The van der Waals surface area contributed by atoms with Crippen LogP contribution in [0.2, 0.25) is 0 Å². The molecule has 3 aromatic carbocycles. The number of carbonyl (C=O) groups is 4. The quantitative estimate of drug-likeness (QED) is 0.0403. The average Bonchev–Trinajstić information content (AvgIpc) is 4.13. The number of aromatic nitrogens is 3. The monoisotopic (exact) mass is 1080 g/mol. The summed E-state index contributed by atoms with van der Waals surface area (Å²) in [7, 11) is 0. The largest absolute Gasteiger partial charge is 0.394 e. The van der Waals surface area contributed by atoms with Crippen LogP contribution in [-0.4, -0.2) is 98.4 Å². The standard InChI is InChI=1S/C33H43N5O3S2.C22H26N4OS.C3H8O/c1-21-16-26(17-28(22(21)2)31(41)38-14-12-37(13-15-38)24(4)39)20-42-29-19-35-32(43-29)36-30(40)27-10-8-25(9-11-27)18-34-23(3)33(5,6)7;1-6-14(2)18-9-10-19(28-18)20(27)26-21-24-16-8-7-15(11-17(16)25-21)12-23-13-22(3,4)5;1-3(2)4/h8-11,16-17,19,23,34H,12-15,18,20H2,1-7H3,(H,35,36,40);6-11,23H,1-2,12-13H2,3-5H3,(H2,24,25,26,27);3-4H,1-2H3. The number of aryl methyl sites for hydroxylation is 1. The van der Waals surface area contributed by atoms with Crippen LogP contribution in [0.1, 0.15) is 132 Å². The molecule has 7 rings (SSSR count). The maximum absolute atomic E-state index is 13.4. The van der Waals surface area contributed by atoms with Crippen LogP contribution in [0.25, 0.3) is 16.6 Å². The zero-order valence-electron chi connectivity index (χ0n) is 45.8. The van der Waals surface area contributed by atoms with Crippen LogP contribution < -0.4 is 21.3 Å². The number of nitrogens with zero attached hydrogens (tertiary/aromatic N) is 4. The molecule has 0 saturated carbocycles. The van der Waals surface area contributed by atoms with Crippen LogP contribution >= 0.6 is 34.4 Å². The van der Waals surface area contributed by atoms with Gasteiger partial charge in [0, 0.05) is 86.6 Å². The van der Waals surface area contributed by atoms with Crippen LogP contribution in [0.15, 0.2) is 96.4 Å². The summed E-state index contributed by atoms with van der Waals surface area (Å²) in [5, 5.41) is 21.4. The molecule has 402 valence electrons. The van der Waals surface area contributed by atoms with Crippen LogP contribution in [0.4, 0.5) is 11.1 Å². The van der Waals surface area contributed by atoms with Gasteiger partial charge >= 0.3 is 0 Å². The second-order valence-electron chi connectivity index (χ2n) is 21.3. The summed E-state index contributed by atoms with van der Waals surface area (Å²) in [6, 6.07) is 21.9. The highest BCUT2D eigenvalue weighted by Crippen LogP contribution is 2.33. The van der Waals surface area contributed by atoms with Crippen molar-refractivity contribution in [2.75, 3.05) is 43.4 Å². The number of aliphatic hydroxyl groups excluding tert-OH is 1. The van der Waals surface area contributed by atoms with Gasteiger partial charge in [-0.15, -0.1) is 23.1 Å². The fraction of sp³-hybridized carbons (Fsp3) is 0.414. The molecule has 17 heteroatoms. The molecule has 1 aliphatic heterocycles. The molecule has 1 saturated heterocycles. The van der Waals surface area contributed by atoms with Crippen LogP contribution in [-0.2, 0) is 23.6 Å². The van der Waals surface area contributed by atoms with Crippen molar-refractivity contribution in [1.29, 1.82) is 0 Å². The summed E-state index contributed by atoms with van der Waals surface area (Å²) in [6.45, 7) is 36.8. The maximum Gasteiger partial charge on any atom is 0.268 e. The molecule has 0 bridgehead atoms. The second kappa shape index (κ2) is 27.2. The lowest BCUT2D eigenvalue weighted by Gasteiger charge is -2.34. The Labute approximate surface area is 456 Å².